The molecule has 0 N–H and O–H groups in total. The normalized spacial score (nSPS) is 17.9. The van der Waals surface area contributed by atoms with Crippen molar-refractivity contribution in [2.45, 2.75) is 36.7 Å². The Labute approximate surface area is 135 Å². The smallest absolute Gasteiger partial charge is 0.241 e. The minimum Gasteiger partial charge on any atom is -0.384 e. The Bertz CT molecular complexity index is 770. The van der Waals surface area contributed by atoms with Gasteiger partial charge < -0.3 is 9.26 Å². The highest BCUT2D eigenvalue weighted by Crippen LogP contribution is 2.36. The molecule has 0 saturated carbocycles. The highest BCUT2D eigenvalue weighted by molar-refractivity contribution is 7.90. The fourth-order valence-corrected chi connectivity index (χ4v) is 4.80. The molecule has 0 aliphatic heterocycles. The van der Waals surface area contributed by atoms with Gasteiger partial charge in [-0.05, 0) is 30.4 Å². The lowest BCUT2D eigenvalue weighted by atomic mass is 9.91. The summed E-state index contributed by atoms with van der Waals surface area (Å²) in [5.41, 5.74) is 2.04. The third kappa shape index (κ3) is 3.61. The van der Waals surface area contributed by atoms with Crippen LogP contribution in [0.4, 0.5) is 0 Å². The van der Waals surface area contributed by atoms with Crippen LogP contribution in [0.25, 0.3) is 0 Å². The van der Waals surface area contributed by atoms with E-state index in [2.05, 4.69) is 10.1 Å². The molecule has 23 heavy (non-hydrogen) atoms. The molecule has 0 saturated heterocycles. The molecular weight excluding hydrogens is 316 g/mol. The Morgan fingerprint density at radius 3 is 3.00 bits per heavy atom. The molecule has 2 aromatic rings. The standard InChI is InChI=1S/C16H20N2O4S/c1-21-10-9-15-17-16(22-18-15)11-23(19,20)14-8-4-6-12-5-2-3-7-13(12)14/h2-3,5,7,14H,4,6,8-11H2,1H3. The summed E-state index contributed by atoms with van der Waals surface area (Å²) in [6, 6.07) is 7.76. The molecule has 1 aromatic heterocycles. The van der Waals surface area contributed by atoms with Crippen molar-refractivity contribution in [1.29, 1.82) is 0 Å². The molecule has 1 aromatic carbocycles. The highest BCUT2D eigenvalue weighted by atomic mass is 32.2. The number of methoxy groups -OCH3 is 1. The van der Waals surface area contributed by atoms with Crippen LogP contribution in [0.5, 0.6) is 0 Å². The van der Waals surface area contributed by atoms with Crippen LogP contribution in [-0.2, 0) is 33.2 Å². The molecule has 1 atom stereocenters. The first-order chi connectivity index (χ1) is 11.1. The van der Waals surface area contributed by atoms with Gasteiger partial charge in [0.25, 0.3) is 0 Å². The van der Waals surface area contributed by atoms with Gasteiger partial charge in [-0.3, -0.25) is 0 Å². The molecule has 7 heteroatoms. The molecule has 0 spiro atoms. The Balaban J connectivity index is 1.79. The summed E-state index contributed by atoms with van der Waals surface area (Å²) in [5.74, 6) is 0.409. The molecule has 1 unspecified atom stereocenters. The summed E-state index contributed by atoms with van der Waals surface area (Å²) >= 11 is 0. The SMILES string of the molecule is COCCc1noc(CS(=O)(=O)C2CCCc3ccccc32)n1. The van der Waals surface area contributed by atoms with E-state index in [9.17, 15) is 8.42 Å². The number of sulfone groups is 1. The minimum absolute atomic E-state index is 0.152. The van der Waals surface area contributed by atoms with Gasteiger partial charge in [0.05, 0.1) is 11.9 Å². The van der Waals surface area contributed by atoms with Crippen molar-refractivity contribution in [3.63, 3.8) is 0 Å². The number of rotatable bonds is 6. The van der Waals surface area contributed by atoms with Crippen molar-refractivity contribution in [2.24, 2.45) is 0 Å². The average Bonchev–Trinajstić information content (AvgIpc) is 2.99. The summed E-state index contributed by atoms with van der Waals surface area (Å²) in [4.78, 5) is 4.15. The first-order valence-corrected chi connectivity index (χ1v) is 9.41. The van der Waals surface area contributed by atoms with Gasteiger partial charge in [0, 0.05) is 13.5 Å². The van der Waals surface area contributed by atoms with Gasteiger partial charge in [0.1, 0.15) is 5.75 Å². The van der Waals surface area contributed by atoms with Crippen LogP contribution in [0, 0.1) is 0 Å². The summed E-state index contributed by atoms with van der Waals surface area (Å²) < 4.78 is 35.6. The van der Waals surface area contributed by atoms with E-state index in [-0.39, 0.29) is 11.6 Å². The van der Waals surface area contributed by atoms with Gasteiger partial charge >= 0.3 is 0 Å². The maximum absolute atomic E-state index is 12.8. The predicted molar refractivity (Wildman–Crippen MR) is 84.6 cm³/mol. The van der Waals surface area contributed by atoms with E-state index >= 15 is 0 Å². The molecule has 1 aliphatic rings. The van der Waals surface area contributed by atoms with Gasteiger partial charge in [0.15, 0.2) is 15.7 Å². The lowest BCUT2D eigenvalue weighted by molar-refractivity contribution is 0.199. The molecule has 0 bridgehead atoms. The van der Waals surface area contributed by atoms with E-state index in [1.54, 1.807) is 7.11 Å². The van der Waals surface area contributed by atoms with Gasteiger partial charge in [-0.1, -0.05) is 29.4 Å². The van der Waals surface area contributed by atoms with Gasteiger partial charge in [0.2, 0.25) is 5.89 Å². The highest BCUT2D eigenvalue weighted by Gasteiger charge is 2.32. The summed E-state index contributed by atoms with van der Waals surface area (Å²) in [6.45, 7) is 0.474. The van der Waals surface area contributed by atoms with E-state index in [0.717, 1.165) is 24.0 Å². The van der Waals surface area contributed by atoms with Gasteiger partial charge in [-0.15, -0.1) is 0 Å². The van der Waals surface area contributed by atoms with Gasteiger partial charge in [-0.25, -0.2) is 8.42 Å². The molecule has 0 fully saturated rings. The predicted octanol–water partition coefficient (Wildman–Crippen LogP) is 2.25. The number of hydrogen-bond acceptors (Lipinski definition) is 6. The molecule has 1 heterocycles. The maximum atomic E-state index is 12.8. The molecular formula is C16H20N2O4S. The van der Waals surface area contributed by atoms with Crippen molar-refractivity contribution in [3.8, 4) is 0 Å². The van der Waals surface area contributed by atoms with E-state index < -0.39 is 15.1 Å². The second-order valence-corrected chi connectivity index (χ2v) is 7.92. The van der Waals surface area contributed by atoms with Crippen molar-refractivity contribution in [2.75, 3.05) is 13.7 Å². The minimum atomic E-state index is -3.38. The topological polar surface area (TPSA) is 82.3 Å². The quantitative estimate of drug-likeness (QED) is 0.804. The Morgan fingerprint density at radius 2 is 2.17 bits per heavy atom. The van der Waals surface area contributed by atoms with Crippen LogP contribution in [-0.4, -0.2) is 32.3 Å². The van der Waals surface area contributed by atoms with E-state index in [1.165, 1.54) is 0 Å². The Hall–Kier alpha value is -1.73. The second kappa shape index (κ2) is 6.80. The first kappa shape index (κ1) is 16.1. The van der Waals surface area contributed by atoms with Crippen molar-refractivity contribution < 1.29 is 17.7 Å². The van der Waals surface area contributed by atoms with E-state index in [4.69, 9.17) is 9.26 Å². The third-order valence-electron chi connectivity index (χ3n) is 4.11. The van der Waals surface area contributed by atoms with Gasteiger partial charge in [-0.2, -0.15) is 4.98 Å². The van der Waals surface area contributed by atoms with Crippen molar-refractivity contribution in [1.82, 2.24) is 10.1 Å². The Morgan fingerprint density at radius 1 is 1.35 bits per heavy atom. The largest absolute Gasteiger partial charge is 0.384 e. The molecule has 0 amide bonds. The number of nitrogens with zero attached hydrogens (tertiary/aromatic N) is 2. The number of aromatic nitrogens is 2. The molecule has 1 aliphatic carbocycles. The van der Waals surface area contributed by atoms with Crippen molar-refractivity contribution >= 4 is 9.84 Å². The number of hydrogen-bond donors (Lipinski definition) is 0. The fourth-order valence-electron chi connectivity index (χ4n) is 3.00. The zero-order valence-electron chi connectivity index (χ0n) is 13.1. The van der Waals surface area contributed by atoms with Crippen LogP contribution < -0.4 is 0 Å². The summed E-state index contributed by atoms with van der Waals surface area (Å²) in [5, 5.41) is 3.31. The molecule has 6 nitrogen and oxygen atoms in total. The number of aryl methyl sites for hydroxylation is 1. The zero-order valence-corrected chi connectivity index (χ0v) is 13.9. The lowest BCUT2D eigenvalue weighted by Gasteiger charge is -2.24. The van der Waals surface area contributed by atoms with E-state index in [0.29, 0.717) is 25.3 Å². The van der Waals surface area contributed by atoms with Crippen molar-refractivity contribution in [3.05, 3.63) is 47.1 Å². The van der Waals surface area contributed by atoms with Crippen LogP contribution in [0.3, 0.4) is 0 Å². The van der Waals surface area contributed by atoms with Crippen LogP contribution >= 0.6 is 0 Å². The average molecular weight is 336 g/mol. The summed E-state index contributed by atoms with van der Waals surface area (Å²) in [7, 11) is -1.80. The van der Waals surface area contributed by atoms with Crippen LogP contribution in [0.2, 0.25) is 0 Å². The first-order valence-electron chi connectivity index (χ1n) is 7.70. The zero-order chi connectivity index (χ0) is 16.3. The summed E-state index contributed by atoms with van der Waals surface area (Å²) in [6.07, 6.45) is 2.96. The number of fused-ring (bicyclic) bond motifs is 1. The number of ether oxygens (including phenoxy) is 1. The lowest BCUT2D eigenvalue weighted by Crippen LogP contribution is -2.20. The molecule has 124 valence electrons. The third-order valence-corrected chi connectivity index (χ3v) is 6.12. The fraction of sp³-hybridized carbons (Fsp3) is 0.500. The number of benzene rings is 1. The van der Waals surface area contributed by atoms with Crippen LogP contribution in [0.15, 0.2) is 28.8 Å². The van der Waals surface area contributed by atoms with Crippen LogP contribution in [0.1, 0.15) is 40.9 Å². The monoisotopic (exact) mass is 336 g/mol. The Kier molecular flexibility index (Phi) is 4.77. The second-order valence-electron chi connectivity index (χ2n) is 5.73. The maximum Gasteiger partial charge on any atom is 0.241 e. The molecule has 3 rings (SSSR count). The molecule has 0 radical (unpaired) electrons. The van der Waals surface area contributed by atoms with E-state index in [1.807, 2.05) is 24.3 Å².